The second kappa shape index (κ2) is 8.17. The van der Waals surface area contributed by atoms with Gasteiger partial charge in [-0.2, -0.15) is 0 Å². The Bertz CT molecular complexity index is 975. The highest BCUT2D eigenvalue weighted by molar-refractivity contribution is 9.12. The van der Waals surface area contributed by atoms with Gasteiger partial charge in [-0.15, -0.1) is 0 Å². The summed E-state index contributed by atoms with van der Waals surface area (Å²) in [5, 5.41) is 14.1. The third-order valence-electron chi connectivity index (χ3n) is 5.69. The molecule has 0 saturated heterocycles. The van der Waals surface area contributed by atoms with E-state index in [0.717, 1.165) is 20.4 Å². The maximum absolute atomic E-state index is 10.8. The van der Waals surface area contributed by atoms with E-state index in [4.69, 9.17) is 4.74 Å². The molecule has 1 aliphatic heterocycles. The number of benzene rings is 2. The molecule has 6 heteroatoms. The fourth-order valence-corrected chi connectivity index (χ4v) is 5.27. The molecule has 1 heterocycles. The standard InChI is InChI=1S/C23H24Br2N2O2/c1-23-12-16(25)7-9-22(23)27(21-8-6-15(24)10-20(21)23)14-18(28)13-26-17-4-3-5-19(11-17)29-2/h3-12,18,22,26,28H,13-14H2,1-2H3. The number of hydrogen-bond acceptors (Lipinski definition) is 4. The van der Waals surface area contributed by atoms with Crippen LogP contribution in [0.4, 0.5) is 11.4 Å². The van der Waals surface area contributed by atoms with Gasteiger partial charge in [-0.3, -0.25) is 0 Å². The van der Waals surface area contributed by atoms with Gasteiger partial charge in [-0.05, 0) is 42.8 Å². The molecule has 4 nitrogen and oxygen atoms in total. The third kappa shape index (κ3) is 3.98. The van der Waals surface area contributed by atoms with Gasteiger partial charge >= 0.3 is 0 Å². The van der Waals surface area contributed by atoms with Crippen molar-refractivity contribution in [3.8, 4) is 5.75 Å². The molecule has 1 aliphatic carbocycles. The number of allylic oxidation sites excluding steroid dienone is 2. The Morgan fingerprint density at radius 1 is 1.24 bits per heavy atom. The molecule has 0 spiro atoms. The first-order valence-corrected chi connectivity index (χ1v) is 11.2. The van der Waals surface area contributed by atoms with Gasteiger partial charge < -0.3 is 20.1 Å². The van der Waals surface area contributed by atoms with Crippen molar-refractivity contribution >= 4 is 43.2 Å². The number of fused-ring (bicyclic) bond motifs is 3. The molecular formula is C23H24Br2N2O2. The van der Waals surface area contributed by atoms with Crippen LogP contribution in [-0.2, 0) is 5.41 Å². The van der Waals surface area contributed by atoms with E-state index in [1.807, 2.05) is 24.3 Å². The summed E-state index contributed by atoms with van der Waals surface area (Å²) >= 11 is 7.25. The Labute approximate surface area is 188 Å². The molecule has 0 amide bonds. The molecule has 3 unspecified atom stereocenters. The fraction of sp³-hybridized carbons (Fsp3) is 0.304. The number of aliphatic hydroxyl groups excluding tert-OH is 1. The third-order valence-corrected chi connectivity index (χ3v) is 6.68. The lowest BCUT2D eigenvalue weighted by atomic mass is 9.76. The second-order valence-electron chi connectivity index (χ2n) is 7.70. The molecule has 0 radical (unpaired) electrons. The molecule has 2 aromatic rings. The highest BCUT2D eigenvalue weighted by Crippen LogP contribution is 2.50. The van der Waals surface area contributed by atoms with Crippen molar-refractivity contribution < 1.29 is 9.84 Å². The molecule has 4 rings (SSSR count). The van der Waals surface area contributed by atoms with Crippen LogP contribution in [0, 0.1) is 0 Å². The number of aliphatic hydroxyl groups is 1. The number of rotatable bonds is 6. The van der Waals surface area contributed by atoms with Crippen LogP contribution >= 0.6 is 31.9 Å². The summed E-state index contributed by atoms with van der Waals surface area (Å²) in [4.78, 5) is 2.31. The maximum Gasteiger partial charge on any atom is 0.120 e. The van der Waals surface area contributed by atoms with Crippen molar-refractivity contribution in [2.24, 2.45) is 0 Å². The van der Waals surface area contributed by atoms with Crippen molar-refractivity contribution in [1.29, 1.82) is 0 Å². The van der Waals surface area contributed by atoms with Gasteiger partial charge in [0.25, 0.3) is 0 Å². The number of anilines is 2. The lowest BCUT2D eigenvalue weighted by molar-refractivity contribution is 0.190. The summed E-state index contributed by atoms with van der Waals surface area (Å²) in [7, 11) is 1.65. The quantitative estimate of drug-likeness (QED) is 0.548. The first-order chi connectivity index (χ1) is 13.9. The lowest BCUT2D eigenvalue weighted by Crippen LogP contribution is -2.46. The van der Waals surface area contributed by atoms with Gasteiger partial charge in [0.15, 0.2) is 0 Å². The minimum atomic E-state index is -0.525. The molecular weight excluding hydrogens is 496 g/mol. The summed E-state index contributed by atoms with van der Waals surface area (Å²) in [6.07, 6.45) is 6.06. The van der Waals surface area contributed by atoms with E-state index in [2.05, 4.69) is 85.4 Å². The topological polar surface area (TPSA) is 44.7 Å². The molecule has 29 heavy (non-hydrogen) atoms. The average Bonchev–Trinajstić information content (AvgIpc) is 2.93. The molecule has 2 N–H and O–H groups in total. The van der Waals surface area contributed by atoms with Crippen LogP contribution in [0.5, 0.6) is 5.75 Å². The van der Waals surface area contributed by atoms with E-state index in [9.17, 15) is 5.11 Å². The zero-order valence-electron chi connectivity index (χ0n) is 16.4. The number of halogens is 2. The van der Waals surface area contributed by atoms with E-state index in [1.54, 1.807) is 7.11 Å². The van der Waals surface area contributed by atoms with E-state index < -0.39 is 6.10 Å². The molecule has 0 bridgehead atoms. The van der Waals surface area contributed by atoms with E-state index in [0.29, 0.717) is 13.1 Å². The molecule has 0 saturated carbocycles. The van der Waals surface area contributed by atoms with Crippen molar-refractivity contribution in [3.05, 3.63) is 75.2 Å². The smallest absolute Gasteiger partial charge is 0.120 e. The van der Waals surface area contributed by atoms with Gasteiger partial charge in [-0.1, -0.05) is 56.2 Å². The molecule has 3 atom stereocenters. The largest absolute Gasteiger partial charge is 0.497 e. The average molecular weight is 520 g/mol. The Hall–Kier alpha value is -1.76. The summed E-state index contributed by atoms with van der Waals surface area (Å²) in [5.74, 6) is 0.795. The normalized spacial score (nSPS) is 23.3. The van der Waals surface area contributed by atoms with Crippen LogP contribution < -0.4 is 15.0 Å². The number of nitrogens with zero attached hydrogens (tertiary/aromatic N) is 1. The Morgan fingerprint density at radius 2 is 2.07 bits per heavy atom. The molecule has 2 aliphatic rings. The zero-order valence-corrected chi connectivity index (χ0v) is 19.6. The van der Waals surface area contributed by atoms with Crippen LogP contribution in [0.3, 0.4) is 0 Å². The summed E-state index contributed by atoms with van der Waals surface area (Å²) in [5.41, 5.74) is 3.23. The minimum Gasteiger partial charge on any atom is -0.497 e. The SMILES string of the molecule is COc1cccc(NCC(O)CN2c3ccc(Br)cc3C3(C)C=C(Br)C=CC23)c1. The van der Waals surface area contributed by atoms with Crippen molar-refractivity contribution in [1.82, 2.24) is 0 Å². The highest BCUT2D eigenvalue weighted by atomic mass is 79.9. The summed E-state index contributed by atoms with van der Waals surface area (Å²) in [6.45, 7) is 3.26. The van der Waals surface area contributed by atoms with Crippen molar-refractivity contribution in [2.45, 2.75) is 24.5 Å². The highest BCUT2D eigenvalue weighted by Gasteiger charge is 2.46. The first-order valence-electron chi connectivity index (χ1n) is 9.60. The molecule has 0 fully saturated rings. The number of ether oxygens (including phenoxy) is 1. The van der Waals surface area contributed by atoms with E-state index in [-0.39, 0.29) is 11.5 Å². The van der Waals surface area contributed by atoms with Crippen molar-refractivity contribution in [3.63, 3.8) is 0 Å². The van der Waals surface area contributed by atoms with E-state index >= 15 is 0 Å². The van der Waals surface area contributed by atoms with Gasteiger partial charge in [-0.25, -0.2) is 0 Å². The van der Waals surface area contributed by atoms with Gasteiger partial charge in [0.2, 0.25) is 0 Å². The Balaban J connectivity index is 1.53. The molecule has 0 aromatic heterocycles. The fourth-order valence-electron chi connectivity index (χ4n) is 4.28. The van der Waals surface area contributed by atoms with Gasteiger partial charge in [0.1, 0.15) is 5.75 Å². The predicted molar refractivity (Wildman–Crippen MR) is 126 cm³/mol. The summed E-state index contributed by atoms with van der Waals surface area (Å²) < 4.78 is 7.42. The van der Waals surface area contributed by atoms with Crippen molar-refractivity contribution in [2.75, 3.05) is 30.4 Å². The number of methoxy groups -OCH3 is 1. The lowest BCUT2D eigenvalue weighted by Gasteiger charge is -2.36. The van der Waals surface area contributed by atoms with Crippen LogP contribution in [0.2, 0.25) is 0 Å². The molecule has 2 aromatic carbocycles. The first kappa shape index (κ1) is 20.5. The predicted octanol–water partition coefficient (Wildman–Crippen LogP) is 5.23. The number of β-amino-alcohol motifs (C(OH)–C–C–N with tert-alkyl or cyclic N) is 1. The van der Waals surface area contributed by atoms with Gasteiger partial charge in [0.05, 0.1) is 19.3 Å². The minimum absolute atomic E-state index is 0.146. The Kier molecular flexibility index (Phi) is 5.78. The van der Waals surface area contributed by atoms with Crippen LogP contribution in [0.25, 0.3) is 0 Å². The maximum atomic E-state index is 10.8. The van der Waals surface area contributed by atoms with Crippen LogP contribution in [0.15, 0.2) is 69.6 Å². The summed E-state index contributed by atoms with van der Waals surface area (Å²) in [6, 6.07) is 14.3. The van der Waals surface area contributed by atoms with E-state index in [1.165, 1.54) is 11.3 Å². The van der Waals surface area contributed by atoms with Crippen LogP contribution in [0.1, 0.15) is 12.5 Å². The van der Waals surface area contributed by atoms with Gasteiger partial charge in [0, 0.05) is 44.9 Å². The Morgan fingerprint density at radius 3 is 2.86 bits per heavy atom. The monoisotopic (exact) mass is 518 g/mol. The number of hydrogen-bond donors (Lipinski definition) is 2. The second-order valence-corrected chi connectivity index (χ2v) is 9.53. The zero-order chi connectivity index (χ0) is 20.6. The van der Waals surface area contributed by atoms with Crippen LogP contribution in [-0.4, -0.2) is 37.5 Å². The number of nitrogens with one attached hydrogen (secondary N) is 1. The molecule has 152 valence electrons.